The SMILES string of the molecule is Cc1oc(-c2ccc(C(F)(F)F)cc2)nc1CN(CCO)C1CCS(=O)(=O)C1. The minimum Gasteiger partial charge on any atom is -0.441 e. The number of aliphatic hydroxyl groups excluding tert-OH is 1. The van der Waals surface area contributed by atoms with Crippen LogP contribution in [0.25, 0.3) is 11.5 Å². The Balaban J connectivity index is 1.79. The topological polar surface area (TPSA) is 83.6 Å². The van der Waals surface area contributed by atoms with Gasteiger partial charge in [0, 0.05) is 24.7 Å². The van der Waals surface area contributed by atoms with E-state index in [0.717, 1.165) is 12.1 Å². The summed E-state index contributed by atoms with van der Waals surface area (Å²) in [7, 11) is -3.07. The van der Waals surface area contributed by atoms with Crippen molar-refractivity contribution in [1.82, 2.24) is 9.88 Å². The van der Waals surface area contributed by atoms with Gasteiger partial charge in [-0.2, -0.15) is 13.2 Å². The summed E-state index contributed by atoms with van der Waals surface area (Å²) in [6.07, 6.45) is -3.92. The molecule has 1 aliphatic rings. The molecule has 1 saturated heterocycles. The molecule has 3 rings (SSSR count). The highest BCUT2D eigenvalue weighted by atomic mass is 32.2. The summed E-state index contributed by atoms with van der Waals surface area (Å²) < 4.78 is 67.2. The molecule has 1 aromatic carbocycles. The monoisotopic (exact) mass is 418 g/mol. The number of alkyl halides is 3. The third-order valence-corrected chi connectivity index (χ3v) is 6.57. The van der Waals surface area contributed by atoms with Gasteiger partial charge in [-0.25, -0.2) is 13.4 Å². The first kappa shape index (κ1) is 20.8. The van der Waals surface area contributed by atoms with Crippen LogP contribution in [-0.2, 0) is 22.6 Å². The van der Waals surface area contributed by atoms with E-state index in [-0.39, 0.29) is 36.6 Å². The molecule has 0 spiro atoms. The van der Waals surface area contributed by atoms with E-state index in [0.29, 0.717) is 30.0 Å². The van der Waals surface area contributed by atoms with Gasteiger partial charge in [-0.3, -0.25) is 4.90 Å². The van der Waals surface area contributed by atoms with E-state index in [4.69, 9.17) is 4.42 Å². The first-order valence-electron chi connectivity index (χ1n) is 8.78. The molecule has 10 heteroatoms. The van der Waals surface area contributed by atoms with E-state index in [1.54, 1.807) is 6.92 Å². The molecule has 6 nitrogen and oxygen atoms in total. The highest BCUT2D eigenvalue weighted by Crippen LogP contribution is 2.31. The number of sulfone groups is 1. The van der Waals surface area contributed by atoms with Gasteiger partial charge in [0.25, 0.3) is 0 Å². The van der Waals surface area contributed by atoms with Crippen LogP contribution in [0.2, 0.25) is 0 Å². The smallest absolute Gasteiger partial charge is 0.416 e. The van der Waals surface area contributed by atoms with Gasteiger partial charge in [-0.05, 0) is 37.6 Å². The van der Waals surface area contributed by atoms with Crippen molar-refractivity contribution in [2.45, 2.75) is 32.1 Å². The Hall–Kier alpha value is -1.91. The van der Waals surface area contributed by atoms with E-state index in [9.17, 15) is 26.7 Å². The molecule has 1 N–H and O–H groups in total. The van der Waals surface area contributed by atoms with Crippen molar-refractivity contribution in [2.24, 2.45) is 0 Å². The number of aromatic nitrogens is 1. The number of hydrogen-bond donors (Lipinski definition) is 1. The van der Waals surface area contributed by atoms with Gasteiger partial charge in [0.05, 0.1) is 29.4 Å². The van der Waals surface area contributed by atoms with E-state index in [1.165, 1.54) is 12.1 Å². The number of halogens is 3. The predicted molar refractivity (Wildman–Crippen MR) is 96.2 cm³/mol. The van der Waals surface area contributed by atoms with Crippen LogP contribution in [-0.4, -0.2) is 54.1 Å². The Kier molecular flexibility index (Phi) is 5.83. The fourth-order valence-corrected chi connectivity index (χ4v) is 5.04. The third-order valence-electron chi connectivity index (χ3n) is 4.82. The molecule has 1 aromatic heterocycles. The number of rotatable bonds is 6. The second kappa shape index (κ2) is 7.84. The molecule has 2 aromatic rings. The van der Waals surface area contributed by atoms with Gasteiger partial charge < -0.3 is 9.52 Å². The number of benzene rings is 1. The standard InChI is InChI=1S/C18H21F3N2O4S/c1-12-16(10-23(7-8-24)15-6-9-28(25,26)11-15)22-17(27-12)13-2-4-14(5-3-13)18(19,20)21/h2-5,15,24H,6-11H2,1H3. The van der Waals surface area contributed by atoms with Crippen molar-refractivity contribution in [3.63, 3.8) is 0 Å². The Bertz CT molecular complexity index is 923. The lowest BCUT2D eigenvalue weighted by Gasteiger charge is -2.26. The quantitative estimate of drug-likeness (QED) is 0.777. The molecule has 0 radical (unpaired) electrons. The minimum absolute atomic E-state index is 0.0374. The van der Waals surface area contributed by atoms with Crippen LogP contribution >= 0.6 is 0 Å². The predicted octanol–water partition coefficient (Wildman–Crippen LogP) is 2.65. The molecule has 1 aliphatic heterocycles. The number of hydrogen-bond acceptors (Lipinski definition) is 6. The molecule has 1 unspecified atom stereocenters. The zero-order chi connectivity index (χ0) is 20.5. The summed E-state index contributed by atoms with van der Waals surface area (Å²) >= 11 is 0. The lowest BCUT2D eigenvalue weighted by Crippen LogP contribution is -2.38. The Morgan fingerprint density at radius 2 is 1.96 bits per heavy atom. The van der Waals surface area contributed by atoms with Crippen molar-refractivity contribution in [3.8, 4) is 11.5 Å². The van der Waals surface area contributed by atoms with Crippen LogP contribution in [0.15, 0.2) is 28.7 Å². The van der Waals surface area contributed by atoms with E-state index in [2.05, 4.69) is 4.98 Å². The van der Waals surface area contributed by atoms with Crippen molar-refractivity contribution >= 4 is 9.84 Å². The van der Waals surface area contributed by atoms with Crippen LogP contribution in [0.1, 0.15) is 23.4 Å². The average molecular weight is 418 g/mol. The molecule has 0 saturated carbocycles. The number of oxazole rings is 1. The summed E-state index contributed by atoms with van der Waals surface area (Å²) in [5.41, 5.74) is 0.225. The molecule has 0 aliphatic carbocycles. The Morgan fingerprint density at radius 3 is 2.50 bits per heavy atom. The van der Waals surface area contributed by atoms with Gasteiger partial charge in [0.1, 0.15) is 5.76 Å². The Morgan fingerprint density at radius 1 is 1.29 bits per heavy atom. The van der Waals surface area contributed by atoms with Crippen molar-refractivity contribution in [3.05, 3.63) is 41.3 Å². The van der Waals surface area contributed by atoms with Crippen LogP contribution in [0.5, 0.6) is 0 Å². The maximum atomic E-state index is 12.7. The van der Waals surface area contributed by atoms with E-state index in [1.807, 2.05) is 4.90 Å². The maximum Gasteiger partial charge on any atom is 0.416 e. The molecule has 28 heavy (non-hydrogen) atoms. The minimum atomic E-state index is -4.41. The second-order valence-electron chi connectivity index (χ2n) is 6.85. The second-order valence-corrected chi connectivity index (χ2v) is 9.08. The first-order valence-corrected chi connectivity index (χ1v) is 10.6. The van der Waals surface area contributed by atoms with E-state index < -0.39 is 21.6 Å². The van der Waals surface area contributed by atoms with Gasteiger partial charge >= 0.3 is 6.18 Å². The molecular weight excluding hydrogens is 397 g/mol. The van der Waals surface area contributed by atoms with Gasteiger partial charge in [-0.15, -0.1) is 0 Å². The number of nitrogens with zero attached hydrogens (tertiary/aromatic N) is 2. The fraction of sp³-hybridized carbons (Fsp3) is 0.500. The van der Waals surface area contributed by atoms with Crippen LogP contribution < -0.4 is 0 Å². The van der Waals surface area contributed by atoms with E-state index >= 15 is 0 Å². The van der Waals surface area contributed by atoms with Crippen LogP contribution in [0.4, 0.5) is 13.2 Å². The molecule has 154 valence electrons. The lowest BCUT2D eigenvalue weighted by molar-refractivity contribution is -0.137. The van der Waals surface area contributed by atoms with Gasteiger partial charge in [0.2, 0.25) is 5.89 Å². The highest BCUT2D eigenvalue weighted by Gasteiger charge is 2.33. The highest BCUT2D eigenvalue weighted by molar-refractivity contribution is 7.91. The van der Waals surface area contributed by atoms with Gasteiger partial charge in [0.15, 0.2) is 9.84 Å². The third kappa shape index (κ3) is 4.73. The number of aliphatic hydroxyl groups is 1. The molecular formula is C18H21F3N2O4S. The summed E-state index contributed by atoms with van der Waals surface area (Å²) in [5.74, 6) is 0.854. The summed E-state index contributed by atoms with van der Waals surface area (Å²) in [6, 6.07) is 4.33. The molecule has 2 heterocycles. The fourth-order valence-electron chi connectivity index (χ4n) is 3.27. The molecule has 1 fully saturated rings. The molecule has 1 atom stereocenters. The molecule has 0 amide bonds. The summed E-state index contributed by atoms with van der Waals surface area (Å²) in [4.78, 5) is 6.23. The van der Waals surface area contributed by atoms with Crippen molar-refractivity contribution < 1.29 is 31.1 Å². The van der Waals surface area contributed by atoms with Crippen LogP contribution in [0, 0.1) is 6.92 Å². The van der Waals surface area contributed by atoms with Crippen LogP contribution in [0.3, 0.4) is 0 Å². The maximum absolute atomic E-state index is 12.7. The zero-order valence-corrected chi connectivity index (χ0v) is 16.1. The first-order chi connectivity index (χ1) is 13.1. The van der Waals surface area contributed by atoms with Crippen molar-refractivity contribution in [1.29, 1.82) is 0 Å². The normalized spacial score (nSPS) is 19.4. The summed E-state index contributed by atoms with van der Waals surface area (Å²) in [5, 5.41) is 9.32. The Labute approximate surface area is 160 Å². The van der Waals surface area contributed by atoms with Crippen molar-refractivity contribution in [2.75, 3.05) is 24.7 Å². The lowest BCUT2D eigenvalue weighted by atomic mass is 10.1. The zero-order valence-electron chi connectivity index (χ0n) is 15.2. The molecule has 0 bridgehead atoms. The largest absolute Gasteiger partial charge is 0.441 e. The summed E-state index contributed by atoms with van der Waals surface area (Å²) in [6.45, 7) is 2.15. The number of aryl methyl sites for hydroxylation is 1. The average Bonchev–Trinajstić information content (AvgIpc) is 3.16. The van der Waals surface area contributed by atoms with Gasteiger partial charge in [-0.1, -0.05) is 0 Å².